The van der Waals surface area contributed by atoms with Crippen molar-refractivity contribution in [2.75, 3.05) is 4.72 Å². The minimum atomic E-state index is -5.50. The van der Waals surface area contributed by atoms with Crippen LogP contribution >= 0.6 is 0 Å². The molecular formula is C11H13F3N2O3S. The summed E-state index contributed by atoms with van der Waals surface area (Å²) in [7, 11) is -5.50. The summed E-state index contributed by atoms with van der Waals surface area (Å²) in [6.45, 7) is 2.90. The lowest BCUT2D eigenvalue weighted by atomic mass is 9.98. The van der Waals surface area contributed by atoms with Crippen molar-refractivity contribution in [3.05, 3.63) is 29.3 Å². The monoisotopic (exact) mass is 310 g/mol. The zero-order chi connectivity index (χ0) is 15.7. The fourth-order valence-corrected chi connectivity index (χ4v) is 2.01. The maximum atomic E-state index is 12.3. The average Bonchev–Trinajstić information content (AvgIpc) is 2.29. The standard InChI is InChI=1S/C11H13F3N2O3S/c1-6-3-4-8(7(2)10(15)17)5-9(6)16-20(18,19)11(12,13)14/h3-5,7,16H,1-2H3,(H2,15,17). The number of primary amides is 1. The molecule has 1 aromatic rings. The quantitative estimate of drug-likeness (QED) is 0.889. The van der Waals surface area contributed by atoms with Gasteiger partial charge in [0.15, 0.2) is 0 Å². The van der Waals surface area contributed by atoms with Crippen LogP contribution in [0.25, 0.3) is 0 Å². The zero-order valence-electron chi connectivity index (χ0n) is 10.7. The minimum absolute atomic E-state index is 0.243. The summed E-state index contributed by atoms with van der Waals surface area (Å²) >= 11 is 0. The molecule has 0 saturated heterocycles. The molecule has 0 aliphatic carbocycles. The second-order valence-electron chi connectivity index (χ2n) is 4.25. The number of amides is 1. The maximum absolute atomic E-state index is 12.3. The number of nitrogens with one attached hydrogen (secondary N) is 1. The Balaban J connectivity index is 3.20. The van der Waals surface area contributed by atoms with Gasteiger partial charge >= 0.3 is 15.5 Å². The summed E-state index contributed by atoms with van der Waals surface area (Å²) in [6.07, 6.45) is 0. The van der Waals surface area contributed by atoms with Crippen molar-refractivity contribution in [2.45, 2.75) is 25.3 Å². The third kappa shape index (κ3) is 3.41. The Morgan fingerprint density at radius 3 is 2.35 bits per heavy atom. The molecule has 3 N–H and O–H groups in total. The van der Waals surface area contributed by atoms with E-state index in [1.807, 2.05) is 0 Å². The molecule has 0 heterocycles. The van der Waals surface area contributed by atoms with Gasteiger partial charge in [0.1, 0.15) is 0 Å². The van der Waals surface area contributed by atoms with Crippen LogP contribution in [0.4, 0.5) is 18.9 Å². The first kappa shape index (κ1) is 16.3. The van der Waals surface area contributed by atoms with Gasteiger partial charge in [0.2, 0.25) is 5.91 Å². The summed E-state index contributed by atoms with van der Waals surface area (Å²) in [5.74, 6) is -1.41. The molecule has 1 atom stereocenters. The predicted octanol–water partition coefficient (Wildman–Crippen LogP) is 1.85. The van der Waals surface area contributed by atoms with Crippen LogP contribution in [0.3, 0.4) is 0 Å². The van der Waals surface area contributed by atoms with E-state index < -0.39 is 27.4 Å². The van der Waals surface area contributed by atoms with Gasteiger partial charge < -0.3 is 5.73 Å². The van der Waals surface area contributed by atoms with E-state index in [1.165, 1.54) is 30.7 Å². The van der Waals surface area contributed by atoms with E-state index in [2.05, 4.69) is 0 Å². The lowest BCUT2D eigenvalue weighted by molar-refractivity contribution is -0.119. The van der Waals surface area contributed by atoms with Crippen LogP contribution in [0.15, 0.2) is 18.2 Å². The number of hydrogen-bond acceptors (Lipinski definition) is 3. The molecule has 0 aromatic heterocycles. The summed E-state index contributed by atoms with van der Waals surface area (Å²) in [5.41, 5.74) is 0.0527. The van der Waals surface area contributed by atoms with E-state index in [4.69, 9.17) is 5.73 Å². The van der Waals surface area contributed by atoms with Crippen LogP contribution in [0.1, 0.15) is 24.0 Å². The minimum Gasteiger partial charge on any atom is -0.369 e. The summed E-state index contributed by atoms with van der Waals surface area (Å²) in [4.78, 5) is 11.0. The molecule has 9 heteroatoms. The van der Waals surface area contributed by atoms with Gasteiger partial charge in [-0.25, -0.2) is 0 Å². The number of carbonyl (C=O) groups excluding carboxylic acids is 1. The Labute approximate surface area is 114 Å². The second kappa shape index (κ2) is 5.31. The summed E-state index contributed by atoms with van der Waals surface area (Å²) in [6, 6.07) is 4.06. The first-order valence-corrected chi connectivity index (χ1v) is 6.93. The molecule has 0 aliphatic heterocycles. The number of benzene rings is 1. The van der Waals surface area contributed by atoms with Gasteiger partial charge in [0, 0.05) is 0 Å². The smallest absolute Gasteiger partial charge is 0.369 e. The Bertz CT molecular complexity index is 626. The van der Waals surface area contributed by atoms with E-state index in [1.54, 1.807) is 0 Å². The van der Waals surface area contributed by atoms with Crippen molar-refractivity contribution < 1.29 is 26.4 Å². The number of sulfonamides is 1. The second-order valence-corrected chi connectivity index (χ2v) is 5.92. The molecule has 0 radical (unpaired) electrons. The highest BCUT2D eigenvalue weighted by Crippen LogP contribution is 2.28. The highest BCUT2D eigenvalue weighted by atomic mass is 32.2. The lowest BCUT2D eigenvalue weighted by Gasteiger charge is -2.15. The molecule has 5 nitrogen and oxygen atoms in total. The zero-order valence-corrected chi connectivity index (χ0v) is 11.5. The van der Waals surface area contributed by atoms with Gasteiger partial charge in [-0.1, -0.05) is 12.1 Å². The van der Waals surface area contributed by atoms with Gasteiger partial charge in [-0.05, 0) is 31.0 Å². The highest BCUT2D eigenvalue weighted by molar-refractivity contribution is 7.93. The third-order valence-electron chi connectivity index (χ3n) is 2.74. The van der Waals surface area contributed by atoms with Crippen molar-refractivity contribution >= 4 is 21.6 Å². The van der Waals surface area contributed by atoms with E-state index >= 15 is 0 Å². The number of carbonyl (C=O) groups is 1. The van der Waals surface area contributed by atoms with Gasteiger partial charge in [0.05, 0.1) is 11.6 Å². The van der Waals surface area contributed by atoms with Gasteiger partial charge in [0.25, 0.3) is 0 Å². The van der Waals surface area contributed by atoms with Gasteiger partial charge in [-0.15, -0.1) is 0 Å². The molecule has 112 valence electrons. The first-order chi connectivity index (χ1) is 8.95. The number of anilines is 1. The Hall–Kier alpha value is -1.77. The fraction of sp³-hybridized carbons (Fsp3) is 0.364. The Morgan fingerprint density at radius 2 is 1.90 bits per heavy atom. The average molecular weight is 310 g/mol. The van der Waals surface area contributed by atoms with Crippen LogP contribution in [0.2, 0.25) is 0 Å². The van der Waals surface area contributed by atoms with E-state index in [9.17, 15) is 26.4 Å². The molecule has 1 rings (SSSR count). The van der Waals surface area contributed by atoms with E-state index in [0.717, 1.165) is 6.07 Å². The van der Waals surface area contributed by atoms with Crippen LogP contribution < -0.4 is 10.5 Å². The SMILES string of the molecule is Cc1ccc(C(C)C(N)=O)cc1NS(=O)(=O)C(F)(F)F. The molecule has 0 bridgehead atoms. The van der Waals surface area contributed by atoms with Crippen LogP contribution in [-0.2, 0) is 14.8 Å². The van der Waals surface area contributed by atoms with Crippen LogP contribution in [-0.4, -0.2) is 19.8 Å². The van der Waals surface area contributed by atoms with Crippen molar-refractivity contribution in [1.29, 1.82) is 0 Å². The van der Waals surface area contributed by atoms with E-state index in [0.29, 0.717) is 11.1 Å². The summed E-state index contributed by atoms with van der Waals surface area (Å²) < 4.78 is 60.5. The Kier molecular flexibility index (Phi) is 4.33. The van der Waals surface area contributed by atoms with Gasteiger partial charge in [-0.2, -0.15) is 21.6 Å². The van der Waals surface area contributed by atoms with E-state index in [-0.39, 0.29) is 5.69 Å². The topological polar surface area (TPSA) is 89.3 Å². The maximum Gasteiger partial charge on any atom is 0.516 e. The molecule has 0 spiro atoms. The predicted molar refractivity (Wildman–Crippen MR) is 67.4 cm³/mol. The normalized spacial score (nSPS) is 13.8. The molecule has 1 amide bonds. The van der Waals surface area contributed by atoms with Crippen molar-refractivity contribution in [1.82, 2.24) is 0 Å². The molecule has 0 fully saturated rings. The van der Waals surface area contributed by atoms with Crippen molar-refractivity contribution in [3.8, 4) is 0 Å². The number of halogens is 3. The fourth-order valence-electron chi connectivity index (χ4n) is 1.39. The molecule has 20 heavy (non-hydrogen) atoms. The van der Waals surface area contributed by atoms with Gasteiger partial charge in [-0.3, -0.25) is 9.52 Å². The lowest BCUT2D eigenvalue weighted by Crippen LogP contribution is -2.30. The molecular weight excluding hydrogens is 297 g/mol. The molecule has 1 unspecified atom stereocenters. The number of rotatable bonds is 4. The largest absolute Gasteiger partial charge is 0.516 e. The number of nitrogens with two attached hydrogens (primary N) is 1. The van der Waals surface area contributed by atoms with Crippen molar-refractivity contribution in [3.63, 3.8) is 0 Å². The van der Waals surface area contributed by atoms with Crippen molar-refractivity contribution in [2.24, 2.45) is 5.73 Å². The van der Waals surface area contributed by atoms with Crippen LogP contribution in [0.5, 0.6) is 0 Å². The number of hydrogen-bond donors (Lipinski definition) is 2. The highest BCUT2D eigenvalue weighted by Gasteiger charge is 2.46. The van der Waals surface area contributed by atoms with Crippen LogP contribution in [0, 0.1) is 6.92 Å². The Morgan fingerprint density at radius 1 is 1.35 bits per heavy atom. The first-order valence-electron chi connectivity index (χ1n) is 5.44. The molecule has 0 saturated carbocycles. The third-order valence-corrected chi connectivity index (χ3v) is 3.84. The number of aryl methyl sites for hydroxylation is 1. The molecule has 0 aliphatic rings. The number of alkyl halides is 3. The summed E-state index contributed by atoms with van der Waals surface area (Å²) in [5, 5.41) is 0. The molecule has 1 aromatic carbocycles.